The molecule has 0 saturated heterocycles. The topological polar surface area (TPSA) is 107 Å². The van der Waals surface area contributed by atoms with Crippen molar-refractivity contribution in [3.63, 3.8) is 0 Å². The van der Waals surface area contributed by atoms with E-state index in [1.54, 1.807) is 0 Å². The summed E-state index contributed by atoms with van der Waals surface area (Å²) in [6.45, 7) is 0. The fraction of sp³-hybridized carbons (Fsp3) is 0.182. The molecule has 0 amide bonds. The third kappa shape index (κ3) is 2.70. The van der Waals surface area contributed by atoms with Crippen molar-refractivity contribution in [3.05, 3.63) is 77.7 Å². The number of H-pyrrole nitrogens is 2. The number of para-hydroxylation sites is 1. The zero-order valence-corrected chi connectivity index (χ0v) is 15.7. The summed E-state index contributed by atoms with van der Waals surface area (Å²) in [6, 6.07) is 18.2. The van der Waals surface area contributed by atoms with Crippen LogP contribution < -0.4 is 16.4 Å². The Hall–Kier alpha value is -3.58. The number of nitrogens with two attached hydrogens (primary N) is 1. The summed E-state index contributed by atoms with van der Waals surface area (Å²) in [4.78, 5) is 8.10. The standard InChI is InChI=1S/C22H21N7/c23-22(20-12-19(28-29-20)13-5-6-13)16-3-1-2-4-17(16)26-21(27-22)25-15-8-7-14-9-10-24-18(14)11-15/h1-4,7-13,24H,5-6,23H2,(H,28,29)(H2,25,26,27). The molecular weight excluding hydrogens is 362 g/mol. The Morgan fingerprint density at radius 3 is 2.86 bits per heavy atom. The van der Waals surface area contributed by atoms with E-state index in [0.717, 1.165) is 39.2 Å². The summed E-state index contributed by atoms with van der Waals surface area (Å²) in [5.74, 6) is 1.17. The van der Waals surface area contributed by atoms with E-state index >= 15 is 0 Å². The molecule has 3 heterocycles. The third-order valence-electron chi connectivity index (χ3n) is 5.70. The van der Waals surface area contributed by atoms with Gasteiger partial charge in [-0.25, -0.2) is 4.99 Å². The van der Waals surface area contributed by atoms with Gasteiger partial charge in [0.05, 0.1) is 0 Å². The molecule has 1 aliphatic heterocycles. The van der Waals surface area contributed by atoms with Crippen LogP contribution in [0.4, 0.5) is 11.4 Å². The molecule has 1 atom stereocenters. The van der Waals surface area contributed by atoms with Crippen LogP contribution >= 0.6 is 0 Å². The van der Waals surface area contributed by atoms with Crippen molar-refractivity contribution in [1.29, 1.82) is 0 Å². The Balaban J connectivity index is 1.41. The van der Waals surface area contributed by atoms with Gasteiger partial charge >= 0.3 is 0 Å². The van der Waals surface area contributed by atoms with Crippen molar-refractivity contribution in [2.45, 2.75) is 24.4 Å². The summed E-state index contributed by atoms with van der Waals surface area (Å²) < 4.78 is 0. The summed E-state index contributed by atoms with van der Waals surface area (Å²) in [5.41, 5.74) is 11.5. The first-order valence-corrected chi connectivity index (χ1v) is 9.84. The number of nitrogens with zero attached hydrogens (tertiary/aromatic N) is 2. The summed E-state index contributed by atoms with van der Waals surface area (Å²) in [7, 11) is 0. The highest BCUT2D eigenvalue weighted by molar-refractivity contribution is 6.06. The van der Waals surface area contributed by atoms with E-state index in [-0.39, 0.29) is 0 Å². The van der Waals surface area contributed by atoms with E-state index in [2.05, 4.69) is 44.0 Å². The predicted molar refractivity (Wildman–Crippen MR) is 115 cm³/mol. The van der Waals surface area contributed by atoms with Crippen molar-refractivity contribution in [2.24, 2.45) is 10.7 Å². The largest absolute Gasteiger partial charge is 0.361 e. The van der Waals surface area contributed by atoms with Crippen LogP contribution in [0.15, 0.2) is 65.8 Å². The molecule has 1 fully saturated rings. The molecule has 6 rings (SSSR count). The van der Waals surface area contributed by atoms with Gasteiger partial charge in [0.15, 0.2) is 5.66 Å². The molecular formula is C22H21N7. The predicted octanol–water partition coefficient (Wildman–Crippen LogP) is 3.82. The van der Waals surface area contributed by atoms with Crippen LogP contribution in [0.3, 0.4) is 0 Å². The molecule has 29 heavy (non-hydrogen) atoms. The van der Waals surface area contributed by atoms with Gasteiger partial charge in [-0.15, -0.1) is 0 Å². The van der Waals surface area contributed by atoms with Crippen LogP contribution in [0.1, 0.15) is 35.7 Å². The van der Waals surface area contributed by atoms with Crippen LogP contribution in [-0.4, -0.2) is 21.1 Å². The SMILES string of the molecule is NC1(c2cc(C3CC3)[nH]n2)N=C(Nc2ccc3cc[nH]c3c2)Nc2ccccc21. The highest BCUT2D eigenvalue weighted by atomic mass is 15.3. The minimum absolute atomic E-state index is 0.575. The summed E-state index contributed by atoms with van der Waals surface area (Å²) in [6.07, 6.45) is 4.34. The van der Waals surface area contributed by atoms with Crippen LogP contribution in [0.5, 0.6) is 0 Å². The zero-order chi connectivity index (χ0) is 19.4. The van der Waals surface area contributed by atoms with E-state index < -0.39 is 5.66 Å². The van der Waals surface area contributed by atoms with Gasteiger partial charge in [-0.2, -0.15) is 5.10 Å². The number of rotatable bonds is 3. The number of aliphatic imine (C=N–C) groups is 1. The molecule has 2 aromatic carbocycles. The van der Waals surface area contributed by atoms with Gasteiger partial charge in [0.2, 0.25) is 5.96 Å². The number of benzene rings is 2. The highest BCUT2D eigenvalue weighted by Gasteiger charge is 2.39. The lowest BCUT2D eigenvalue weighted by molar-refractivity contribution is 0.547. The second-order valence-electron chi connectivity index (χ2n) is 7.78. The van der Waals surface area contributed by atoms with Crippen molar-refractivity contribution >= 4 is 28.2 Å². The molecule has 4 aromatic rings. The van der Waals surface area contributed by atoms with Crippen molar-refractivity contribution in [3.8, 4) is 0 Å². The number of aromatic amines is 2. The van der Waals surface area contributed by atoms with Gasteiger partial charge < -0.3 is 15.6 Å². The van der Waals surface area contributed by atoms with E-state index in [1.807, 2.05) is 42.6 Å². The summed E-state index contributed by atoms with van der Waals surface area (Å²) in [5, 5.41) is 15.6. The van der Waals surface area contributed by atoms with Crippen LogP contribution in [0, 0.1) is 0 Å². The average Bonchev–Trinajstić information content (AvgIpc) is 3.25. The van der Waals surface area contributed by atoms with Crippen LogP contribution in [-0.2, 0) is 5.66 Å². The normalized spacial score (nSPS) is 20.8. The van der Waals surface area contributed by atoms with Gasteiger partial charge in [-0.3, -0.25) is 10.8 Å². The minimum atomic E-state index is -1.07. The number of hydrogen-bond donors (Lipinski definition) is 5. The Labute approximate surface area is 167 Å². The van der Waals surface area contributed by atoms with Gasteiger partial charge in [0, 0.05) is 40.3 Å². The monoisotopic (exact) mass is 383 g/mol. The number of hydrogen-bond acceptors (Lipinski definition) is 5. The fourth-order valence-corrected chi connectivity index (χ4v) is 3.97. The van der Waals surface area contributed by atoms with Crippen molar-refractivity contribution < 1.29 is 0 Å². The number of guanidine groups is 1. The molecule has 0 radical (unpaired) electrons. The first-order valence-electron chi connectivity index (χ1n) is 9.84. The van der Waals surface area contributed by atoms with Crippen molar-refractivity contribution in [2.75, 3.05) is 10.6 Å². The lowest BCUT2D eigenvalue weighted by Gasteiger charge is -2.32. The van der Waals surface area contributed by atoms with E-state index in [0.29, 0.717) is 11.9 Å². The zero-order valence-electron chi connectivity index (χ0n) is 15.7. The lowest BCUT2D eigenvalue weighted by Crippen LogP contribution is -2.44. The maximum absolute atomic E-state index is 6.89. The fourth-order valence-electron chi connectivity index (χ4n) is 3.97. The van der Waals surface area contributed by atoms with E-state index in [9.17, 15) is 0 Å². The first-order chi connectivity index (χ1) is 14.2. The maximum Gasteiger partial charge on any atom is 0.202 e. The second kappa shape index (κ2) is 5.96. The lowest BCUT2D eigenvalue weighted by atomic mass is 9.94. The first kappa shape index (κ1) is 16.4. The van der Waals surface area contributed by atoms with Gasteiger partial charge in [-0.05, 0) is 48.6 Å². The maximum atomic E-state index is 6.89. The van der Waals surface area contributed by atoms with Crippen LogP contribution in [0.25, 0.3) is 10.9 Å². The number of fused-ring (bicyclic) bond motifs is 2. The molecule has 6 N–H and O–H groups in total. The molecule has 2 aromatic heterocycles. The number of nitrogens with one attached hydrogen (secondary N) is 4. The Kier molecular flexibility index (Phi) is 3.36. The minimum Gasteiger partial charge on any atom is -0.361 e. The second-order valence-corrected chi connectivity index (χ2v) is 7.78. The summed E-state index contributed by atoms with van der Waals surface area (Å²) >= 11 is 0. The number of aromatic nitrogens is 3. The molecule has 2 aliphatic rings. The average molecular weight is 383 g/mol. The smallest absolute Gasteiger partial charge is 0.202 e. The molecule has 7 heteroatoms. The van der Waals surface area contributed by atoms with Gasteiger partial charge in [0.25, 0.3) is 0 Å². The molecule has 7 nitrogen and oxygen atoms in total. The molecule has 144 valence electrons. The highest BCUT2D eigenvalue weighted by Crippen LogP contribution is 2.42. The number of anilines is 2. The van der Waals surface area contributed by atoms with Gasteiger partial charge in [-0.1, -0.05) is 24.3 Å². The molecule has 0 bridgehead atoms. The molecule has 1 unspecified atom stereocenters. The molecule has 1 saturated carbocycles. The molecule has 0 spiro atoms. The van der Waals surface area contributed by atoms with E-state index in [4.69, 9.17) is 10.7 Å². The Morgan fingerprint density at radius 1 is 1.07 bits per heavy atom. The quantitative estimate of drug-likeness (QED) is 0.371. The Morgan fingerprint density at radius 2 is 1.97 bits per heavy atom. The van der Waals surface area contributed by atoms with Gasteiger partial charge in [0.1, 0.15) is 5.69 Å². The molecule has 1 aliphatic carbocycles. The van der Waals surface area contributed by atoms with Crippen LogP contribution in [0.2, 0.25) is 0 Å². The third-order valence-corrected chi connectivity index (χ3v) is 5.70. The van der Waals surface area contributed by atoms with E-state index in [1.165, 1.54) is 12.8 Å². The Bertz CT molecular complexity index is 1250. The van der Waals surface area contributed by atoms with Crippen molar-refractivity contribution in [1.82, 2.24) is 15.2 Å².